The standard InChI is InChI=1S/C19H13F4NO2S/c1-10-16(20)6-12(7-17(10)21)15-9-19(23)18(22)8-14(15)11-2-4-13(5-3-11)27(24,25)26/h2-9H,1H3,(H2,24,25,26). The third-order valence-electron chi connectivity index (χ3n) is 4.15. The summed E-state index contributed by atoms with van der Waals surface area (Å²) in [5, 5.41) is 5.04. The molecule has 0 aromatic heterocycles. The summed E-state index contributed by atoms with van der Waals surface area (Å²) >= 11 is 0. The lowest BCUT2D eigenvalue weighted by molar-refractivity contribution is 0.509. The van der Waals surface area contributed by atoms with E-state index in [2.05, 4.69) is 0 Å². The summed E-state index contributed by atoms with van der Waals surface area (Å²) in [5.74, 6) is -4.00. The average molecular weight is 395 g/mol. The molecule has 3 aromatic rings. The molecule has 0 bridgehead atoms. The Kier molecular flexibility index (Phi) is 4.79. The normalized spacial score (nSPS) is 11.6. The molecule has 0 unspecified atom stereocenters. The molecule has 0 aliphatic rings. The van der Waals surface area contributed by atoms with Crippen LogP contribution in [0.25, 0.3) is 22.3 Å². The first-order valence-electron chi connectivity index (χ1n) is 7.66. The van der Waals surface area contributed by atoms with Crippen molar-refractivity contribution in [1.29, 1.82) is 0 Å². The predicted octanol–water partition coefficient (Wildman–Crippen LogP) is 4.53. The smallest absolute Gasteiger partial charge is 0.225 e. The molecule has 3 nitrogen and oxygen atoms in total. The van der Waals surface area contributed by atoms with Gasteiger partial charge in [0.05, 0.1) is 4.90 Å². The fourth-order valence-corrected chi connectivity index (χ4v) is 3.16. The number of rotatable bonds is 3. The van der Waals surface area contributed by atoms with Crippen LogP contribution in [-0.4, -0.2) is 8.42 Å². The molecule has 0 atom stereocenters. The third-order valence-corrected chi connectivity index (χ3v) is 5.08. The fraction of sp³-hybridized carbons (Fsp3) is 0.0526. The van der Waals surface area contributed by atoms with E-state index in [0.717, 1.165) is 24.3 Å². The zero-order valence-corrected chi connectivity index (χ0v) is 14.7. The van der Waals surface area contributed by atoms with Crippen LogP contribution in [0.15, 0.2) is 53.4 Å². The van der Waals surface area contributed by atoms with Gasteiger partial charge in [-0.15, -0.1) is 0 Å². The van der Waals surface area contributed by atoms with E-state index >= 15 is 0 Å². The molecule has 140 valence electrons. The van der Waals surface area contributed by atoms with Crippen molar-refractivity contribution in [3.63, 3.8) is 0 Å². The van der Waals surface area contributed by atoms with Gasteiger partial charge in [-0.1, -0.05) is 12.1 Å². The molecule has 0 saturated heterocycles. The van der Waals surface area contributed by atoms with Crippen LogP contribution in [-0.2, 0) is 10.0 Å². The van der Waals surface area contributed by atoms with E-state index in [9.17, 15) is 26.0 Å². The number of nitrogens with two attached hydrogens (primary N) is 1. The number of halogens is 4. The largest absolute Gasteiger partial charge is 0.238 e. The summed E-state index contributed by atoms with van der Waals surface area (Å²) in [4.78, 5) is -0.164. The van der Waals surface area contributed by atoms with Gasteiger partial charge in [0, 0.05) is 5.56 Å². The Morgan fingerprint density at radius 3 is 1.59 bits per heavy atom. The summed E-state index contributed by atoms with van der Waals surface area (Å²) in [5.41, 5.74) is 0.325. The third kappa shape index (κ3) is 3.72. The maximum absolute atomic E-state index is 13.9. The minimum absolute atomic E-state index is 0.0139. The molecular formula is C19H13F4NO2S. The Hall–Kier alpha value is -2.71. The van der Waals surface area contributed by atoms with Crippen molar-refractivity contribution >= 4 is 10.0 Å². The maximum atomic E-state index is 13.9. The van der Waals surface area contributed by atoms with Crippen LogP contribution in [0.4, 0.5) is 17.6 Å². The molecule has 0 heterocycles. The van der Waals surface area contributed by atoms with Gasteiger partial charge in [-0.2, -0.15) is 0 Å². The first-order valence-corrected chi connectivity index (χ1v) is 9.21. The van der Waals surface area contributed by atoms with Crippen LogP contribution in [0, 0.1) is 30.2 Å². The Morgan fingerprint density at radius 2 is 1.15 bits per heavy atom. The summed E-state index contributed by atoms with van der Waals surface area (Å²) in [6.07, 6.45) is 0. The van der Waals surface area contributed by atoms with Gasteiger partial charge in [-0.3, -0.25) is 0 Å². The van der Waals surface area contributed by atoms with Gasteiger partial charge in [-0.25, -0.2) is 31.1 Å². The van der Waals surface area contributed by atoms with Crippen LogP contribution in [0.5, 0.6) is 0 Å². The van der Waals surface area contributed by atoms with Crippen molar-refractivity contribution in [2.75, 3.05) is 0 Å². The van der Waals surface area contributed by atoms with E-state index in [1.165, 1.54) is 31.2 Å². The number of hydrogen-bond donors (Lipinski definition) is 1. The van der Waals surface area contributed by atoms with Crippen LogP contribution in [0.2, 0.25) is 0 Å². The Labute approximate surface area is 153 Å². The van der Waals surface area contributed by atoms with E-state index in [1.54, 1.807) is 0 Å². The zero-order valence-electron chi connectivity index (χ0n) is 13.9. The number of sulfonamides is 1. The van der Waals surface area contributed by atoms with Gasteiger partial charge in [0.1, 0.15) is 11.6 Å². The quantitative estimate of drug-likeness (QED) is 0.663. The molecule has 0 saturated carbocycles. The van der Waals surface area contributed by atoms with Crippen molar-refractivity contribution in [2.24, 2.45) is 5.14 Å². The summed E-state index contributed by atoms with van der Waals surface area (Å²) in [6, 6.07) is 8.85. The minimum atomic E-state index is -3.93. The van der Waals surface area contributed by atoms with E-state index < -0.39 is 33.3 Å². The number of hydrogen-bond acceptors (Lipinski definition) is 2. The minimum Gasteiger partial charge on any atom is -0.225 e. The van der Waals surface area contributed by atoms with Crippen molar-refractivity contribution < 1.29 is 26.0 Å². The van der Waals surface area contributed by atoms with Crippen LogP contribution in [0.3, 0.4) is 0 Å². The Bertz CT molecular complexity index is 1120. The molecule has 0 radical (unpaired) electrons. The van der Waals surface area contributed by atoms with Crippen molar-refractivity contribution in [3.8, 4) is 22.3 Å². The summed E-state index contributed by atoms with van der Waals surface area (Å²) in [6.45, 7) is 1.26. The lowest BCUT2D eigenvalue weighted by Crippen LogP contribution is -2.11. The van der Waals surface area contributed by atoms with E-state index in [0.29, 0.717) is 5.56 Å². The molecule has 27 heavy (non-hydrogen) atoms. The molecular weight excluding hydrogens is 382 g/mol. The van der Waals surface area contributed by atoms with E-state index in [-0.39, 0.29) is 27.1 Å². The Morgan fingerprint density at radius 1 is 0.704 bits per heavy atom. The van der Waals surface area contributed by atoms with Crippen LogP contribution >= 0.6 is 0 Å². The van der Waals surface area contributed by atoms with Crippen molar-refractivity contribution in [2.45, 2.75) is 11.8 Å². The van der Waals surface area contributed by atoms with Gasteiger partial charge >= 0.3 is 0 Å². The van der Waals surface area contributed by atoms with Crippen LogP contribution in [0.1, 0.15) is 5.56 Å². The van der Waals surface area contributed by atoms with Crippen molar-refractivity contribution in [3.05, 3.63) is 77.4 Å². The van der Waals surface area contributed by atoms with Crippen LogP contribution < -0.4 is 5.14 Å². The molecule has 0 amide bonds. The summed E-state index contributed by atoms with van der Waals surface area (Å²) in [7, 11) is -3.93. The topological polar surface area (TPSA) is 60.2 Å². The second-order valence-corrected chi connectivity index (χ2v) is 7.51. The highest BCUT2D eigenvalue weighted by Gasteiger charge is 2.17. The van der Waals surface area contributed by atoms with Gasteiger partial charge < -0.3 is 0 Å². The maximum Gasteiger partial charge on any atom is 0.238 e. The molecule has 0 fully saturated rings. The van der Waals surface area contributed by atoms with Gasteiger partial charge in [0.25, 0.3) is 0 Å². The lowest BCUT2D eigenvalue weighted by Gasteiger charge is -2.13. The molecule has 0 aliphatic carbocycles. The van der Waals surface area contributed by atoms with Gasteiger partial charge in [0.2, 0.25) is 10.0 Å². The second kappa shape index (κ2) is 6.79. The van der Waals surface area contributed by atoms with Gasteiger partial charge in [-0.05, 0) is 65.6 Å². The molecule has 0 aliphatic heterocycles. The number of benzene rings is 3. The average Bonchev–Trinajstić information content (AvgIpc) is 2.60. The highest BCUT2D eigenvalue weighted by Crippen LogP contribution is 2.35. The summed E-state index contributed by atoms with van der Waals surface area (Å²) < 4.78 is 78.2. The molecule has 2 N–H and O–H groups in total. The second-order valence-electron chi connectivity index (χ2n) is 5.95. The van der Waals surface area contributed by atoms with E-state index in [4.69, 9.17) is 5.14 Å². The molecule has 3 aromatic carbocycles. The monoisotopic (exact) mass is 395 g/mol. The first kappa shape index (κ1) is 19.1. The number of primary sulfonamides is 1. The van der Waals surface area contributed by atoms with Gasteiger partial charge in [0.15, 0.2) is 11.6 Å². The highest BCUT2D eigenvalue weighted by molar-refractivity contribution is 7.89. The first-order chi connectivity index (χ1) is 12.6. The SMILES string of the molecule is Cc1c(F)cc(-c2cc(F)c(F)cc2-c2ccc(S(N)(=O)=O)cc2)cc1F. The molecule has 0 spiro atoms. The lowest BCUT2D eigenvalue weighted by atomic mass is 9.93. The fourth-order valence-electron chi connectivity index (χ4n) is 2.65. The molecule has 8 heteroatoms. The zero-order chi connectivity index (χ0) is 19.9. The van der Waals surface area contributed by atoms with E-state index in [1.807, 2.05) is 0 Å². The highest BCUT2D eigenvalue weighted by atomic mass is 32.2. The molecule has 3 rings (SSSR count). The van der Waals surface area contributed by atoms with Crippen molar-refractivity contribution in [1.82, 2.24) is 0 Å². The predicted molar refractivity (Wildman–Crippen MR) is 93.3 cm³/mol. The Balaban J connectivity index is 2.24.